The molecule has 36 heavy (non-hydrogen) atoms. The van der Waals surface area contributed by atoms with Crippen molar-refractivity contribution < 1.29 is 13.5 Å². The summed E-state index contributed by atoms with van der Waals surface area (Å²) in [6.07, 6.45) is 9.55. The number of hydrogen-bond donors (Lipinski definition) is 2. The standard InChI is InChI=1S/C28H33F2N5O/c1-36-26-7-6-24-27(34-26)25(9-13-33-24)35-14-10-20-16-22(8-11-28(20,17-31)18-35)32-12-2-3-19-15-21(29)4-5-23(19)30/h2-7,9,13,15,20,22,32H,8,10-12,14,16-18,31H2,1H3/b3-2+. The minimum Gasteiger partial charge on any atom is -0.481 e. The third kappa shape index (κ3) is 4.92. The SMILES string of the molecule is COc1ccc2nccc(N3CCC4CC(NC/C=C/c5cc(F)ccc5F)CCC4(CN)C3)c2n1. The number of ether oxygens (including phenoxy) is 1. The predicted molar refractivity (Wildman–Crippen MR) is 139 cm³/mol. The highest BCUT2D eigenvalue weighted by molar-refractivity contribution is 5.88. The summed E-state index contributed by atoms with van der Waals surface area (Å²) >= 11 is 0. The molecule has 1 aliphatic carbocycles. The Morgan fingerprint density at radius 3 is 2.94 bits per heavy atom. The summed E-state index contributed by atoms with van der Waals surface area (Å²) < 4.78 is 32.6. The van der Waals surface area contributed by atoms with E-state index in [1.54, 1.807) is 13.2 Å². The van der Waals surface area contributed by atoms with Crippen LogP contribution in [0.25, 0.3) is 17.1 Å². The largest absolute Gasteiger partial charge is 0.481 e. The number of methoxy groups -OCH3 is 1. The molecular formula is C28H33F2N5O. The fourth-order valence-corrected chi connectivity index (χ4v) is 5.93. The number of benzene rings is 1. The van der Waals surface area contributed by atoms with E-state index >= 15 is 0 Å². The van der Waals surface area contributed by atoms with E-state index in [2.05, 4.69) is 20.2 Å². The van der Waals surface area contributed by atoms with Gasteiger partial charge in [0, 0.05) is 48.9 Å². The van der Waals surface area contributed by atoms with Gasteiger partial charge in [-0.05, 0) is 68.5 Å². The Balaban J connectivity index is 1.24. The predicted octanol–water partition coefficient (Wildman–Crippen LogP) is 4.54. The molecule has 3 N–H and O–H groups in total. The minimum atomic E-state index is -0.435. The van der Waals surface area contributed by atoms with E-state index in [0.29, 0.717) is 30.9 Å². The number of nitrogens with one attached hydrogen (secondary N) is 1. The van der Waals surface area contributed by atoms with Crippen LogP contribution in [0.5, 0.6) is 5.88 Å². The van der Waals surface area contributed by atoms with Gasteiger partial charge in [-0.1, -0.05) is 12.2 Å². The maximum atomic E-state index is 13.8. The molecule has 8 heteroatoms. The van der Waals surface area contributed by atoms with E-state index in [0.717, 1.165) is 67.6 Å². The molecule has 3 atom stereocenters. The number of piperidine rings is 1. The molecule has 2 fully saturated rings. The van der Waals surface area contributed by atoms with Crippen LogP contribution in [0.2, 0.25) is 0 Å². The maximum Gasteiger partial charge on any atom is 0.213 e. The number of rotatable bonds is 7. The molecule has 0 radical (unpaired) electrons. The van der Waals surface area contributed by atoms with Crippen molar-refractivity contribution in [1.82, 2.24) is 15.3 Å². The van der Waals surface area contributed by atoms with Crippen molar-refractivity contribution >= 4 is 22.8 Å². The molecule has 3 heterocycles. The van der Waals surface area contributed by atoms with Gasteiger partial charge in [-0.3, -0.25) is 4.98 Å². The third-order valence-corrected chi connectivity index (χ3v) is 7.95. The lowest BCUT2D eigenvalue weighted by Gasteiger charge is -2.53. The first kappa shape index (κ1) is 24.6. The first-order chi connectivity index (χ1) is 17.5. The summed E-state index contributed by atoms with van der Waals surface area (Å²) in [6.45, 7) is 3.11. The Morgan fingerprint density at radius 2 is 2.11 bits per heavy atom. The first-order valence-corrected chi connectivity index (χ1v) is 12.6. The number of aromatic nitrogens is 2. The second kappa shape index (κ2) is 10.5. The summed E-state index contributed by atoms with van der Waals surface area (Å²) in [7, 11) is 1.63. The molecule has 6 nitrogen and oxygen atoms in total. The van der Waals surface area contributed by atoms with Crippen LogP contribution in [0, 0.1) is 23.0 Å². The minimum absolute atomic E-state index is 0.0609. The van der Waals surface area contributed by atoms with Gasteiger partial charge in [-0.25, -0.2) is 13.8 Å². The molecule has 3 unspecified atom stereocenters. The zero-order valence-corrected chi connectivity index (χ0v) is 20.6. The van der Waals surface area contributed by atoms with Crippen molar-refractivity contribution in [3.63, 3.8) is 0 Å². The van der Waals surface area contributed by atoms with Crippen molar-refractivity contribution in [3.05, 3.63) is 65.9 Å². The van der Waals surface area contributed by atoms with Crippen LogP contribution in [-0.2, 0) is 0 Å². The van der Waals surface area contributed by atoms with Gasteiger partial charge in [0.2, 0.25) is 5.88 Å². The van der Waals surface area contributed by atoms with Crippen LogP contribution in [0.4, 0.5) is 14.5 Å². The monoisotopic (exact) mass is 493 g/mol. The molecule has 5 rings (SSSR count). The van der Waals surface area contributed by atoms with E-state index in [-0.39, 0.29) is 11.0 Å². The lowest BCUT2D eigenvalue weighted by molar-refractivity contribution is 0.0651. The topological polar surface area (TPSA) is 76.3 Å². The molecule has 0 amide bonds. The van der Waals surface area contributed by atoms with E-state index in [1.807, 2.05) is 30.5 Å². The molecular weight excluding hydrogens is 460 g/mol. The number of nitrogens with two attached hydrogens (primary N) is 1. The van der Waals surface area contributed by atoms with Crippen molar-refractivity contribution in [2.24, 2.45) is 17.1 Å². The molecule has 3 aromatic rings. The molecule has 2 aromatic heterocycles. The van der Waals surface area contributed by atoms with Crippen LogP contribution in [-0.4, -0.2) is 49.3 Å². The Kier molecular flexibility index (Phi) is 7.16. The average Bonchev–Trinajstić information content (AvgIpc) is 2.91. The molecule has 1 aromatic carbocycles. The Hall–Kier alpha value is -3.10. The van der Waals surface area contributed by atoms with Gasteiger partial charge >= 0.3 is 0 Å². The quantitative estimate of drug-likeness (QED) is 0.503. The number of nitrogens with zero attached hydrogens (tertiary/aromatic N) is 3. The molecule has 1 saturated carbocycles. The number of anilines is 1. The number of hydrogen-bond acceptors (Lipinski definition) is 6. The number of halogens is 2. The highest BCUT2D eigenvalue weighted by atomic mass is 19.1. The van der Waals surface area contributed by atoms with Gasteiger partial charge in [0.1, 0.15) is 17.2 Å². The van der Waals surface area contributed by atoms with Crippen LogP contribution < -0.4 is 20.7 Å². The smallest absolute Gasteiger partial charge is 0.213 e. The van der Waals surface area contributed by atoms with Crippen molar-refractivity contribution in [2.45, 2.75) is 31.7 Å². The Morgan fingerprint density at radius 1 is 1.22 bits per heavy atom. The molecule has 2 aliphatic rings. The first-order valence-electron chi connectivity index (χ1n) is 12.6. The second-order valence-electron chi connectivity index (χ2n) is 9.97. The fraction of sp³-hybridized carbons (Fsp3) is 0.429. The fourth-order valence-electron chi connectivity index (χ4n) is 5.93. The second-order valence-corrected chi connectivity index (χ2v) is 9.97. The normalized spacial score (nSPS) is 24.3. The zero-order valence-electron chi connectivity index (χ0n) is 20.6. The van der Waals surface area contributed by atoms with E-state index in [4.69, 9.17) is 10.5 Å². The summed E-state index contributed by atoms with van der Waals surface area (Å²) in [5.74, 6) is 0.266. The summed E-state index contributed by atoms with van der Waals surface area (Å²) in [4.78, 5) is 11.6. The average molecular weight is 494 g/mol. The lowest BCUT2D eigenvalue weighted by atomic mass is 9.61. The summed E-state index contributed by atoms with van der Waals surface area (Å²) in [6, 6.07) is 9.72. The maximum absolute atomic E-state index is 13.8. The van der Waals surface area contributed by atoms with Crippen LogP contribution in [0.3, 0.4) is 0 Å². The molecule has 1 saturated heterocycles. The van der Waals surface area contributed by atoms with Gasteiger partial charge in [-0.2, -0.15) is 0 Å². The molecule has 0 spiro atoms. The van der Waals surface area contributed by atoms with Crippen molar-refractivity contribution in [3.8, 4) is 5.88 Å². The van der Waals surface area contributed by atoms with Gasteiger partial charge in [0.15, 0.2) is 0 Å². The van der Waals surface area contributed by atoms with Crippen molar-refractivity contribution in [1.29, 1.82) is 0 Å². The number of pyridine rings is 2. The Bertz CT molecular complexity index is 1250. The highest BCUT2D eigenvalue weighted by Gasteiger charge is 2.46. The lowest BCUT2D eigenvalue weighted by Crippen LogP contribution is -2.57. The van der Waals surface area contributed by atoms with E-state index in [1.165, 1.54) is 6.07 Å². The van der Waals surface area contributed by atoms with Crippen LogP contribution >= 0.6 is 0 Å². The van der Waals surface area contributed by atoms with Gasteiger partial charge < -0.3 is 20.7 Å². The van der Waals surface area contributed by atoms with Gasteiger partial charge in [0.05, 0.1) is 18.3 Å². The molecule has 0 bridgehead atoms. The van der Waals surface area contributed by atoms with E-state index < -0.39 is 11.6 Å². The zero-order chi connectivity index (χ0) is 25.1. The molecule has 190 valence electrons. The van der Waals surface area contributed by atoms with Crippen LogP contribution in [0.15, 0.2) is 48.7 Å². The van der Waals surface area contributed by atoms with E-state index in [9.17, 15) is 8.78 Å². The van der Waals surface area contributed by atoms with Gasteiger partial charge in [-0.15, -0.1) is 0 Å². The van der Waals surface area contributed by atoms with Crippen molar-refractivity contribution in [2.75, 3.05) is 38.2 Å². The number of fused-ring (bicyclic) bond motifs is 2. The molecule has 1 aliphatic heterocycles. The third-order valence-electron chi connectivity index (χ3n) is 7.95. The Labute approximate surface area is 210 Å². The summed E-state index contributed by atoms with van der Waals surface area (Å²) in [5.41, 5.74) is 9.56. The summed E-state index contributed by atoms with van der Waals surface area (Å²) in [5, 5.41) is 3.59. The van der Waals surface area contributed by atoms with Gasteiger partial charge in [0.25, 0.3) is 0 Å². The van der Waals surface area contributed by atoms with Crippen LogP contribution in [0.1, 0.15) is 31.2 Å². The highest BCUT2D eigenvalue weighted by Crippen LogP contribution is 2.47.